The number of aromatic nitrogens is 3. The van der Waals surface area contributed by atoms with E-state index < -0.39 is 8.07 Å². The normalized spacial score (nSPS) is 11.3. The quantitative estimate of drug-likeness (QED) is 0.286. The number of halogens is 1. The van der Waals surface area contributed by atoms with Gasteiger partial charge in [0.05, 0.1) is 5.69 Å². The summed E-state index contributed by atoms with van der Waals surface area (Å²) in [5, 5.41) is 5.55. The molecule has 0 spiro atoms. The lowest BCUT2D eigenvalue weighted by molar-refractivity contribution is 0.930. The van der Waals surface area contributed by atoms with E-state index in [-0.39, 0.29) is 0 Å². The van der Waals surface area contributed by atoms with E-state index in [4.69, 9.17) is 16.7 Å². The molecule has 0 fully saturated rings. The number of hydrogen-bond acceptors (Lipinski definition) is 2. The molecule has 2 heterocycles. The molecule has 0 N–H and O–H groups in total. The predicted octanol–water partition coefficient (Wildman–Crippen LogP) is 6.25. The highest BCUT2D eigenvalue weighted by atomic mass is 35.5. The van der Waals surface area contributed by atoms with Gasteiger partial charge < -0.3 is 0 Å². The summed E-state index contributed by atoms with van der Waals surface area (Å²) in [6.45, 7) is 8.81. The second kappa shape index (κ2) is 7.51. The van der Waals surface area contributed by atoms with Crippen LogP contribution in [-0.2, 0) is 0 Å². The van der Waals surface area contributed by atoms with Crippen molar-refractivity contribution in [2.75, 3.05) is 0 Å². The van der Waals surface area contributed by atoms with E-state index in [1.54, 1.807) is 0 Å². The van der Waals surface area contributed by atoms with Crippen LogP contribution in [0.2, 0.25) is 24.7 Å². The first-order chi connectivity index (χ1) is 13.8. The lowest BCUT2D eigenvalue weighted by Gasteiger charge is -2.09. The van der Waals surface area contributed by atoms with Gasteiger partial charge in [-0.1, -0.05) is 79.1 Å². The fourth-order valence-electron chi connectivity index (χ4n) is 3.01. The Bertz CT molecular complexity index is 1240. The Morgan fingerprint density at radius 1 is 0.931 bits per heavy atom. The van der Waals surface area contributed by atoms with Gasteiger partial charge in [-0.3, -0.25) is 0 Å². The van der Waals surface area contributed by atoms with Gasteiger partial charge in [0.25, 0.3) is 0 Å². The standard InChI is InChI=1S/C24H22ClN3Si/c1-17-5-7-18(8-6-17)21-16-26-24-15-22(19-9-11-20(25)12-10-19)27-28(24)23(21)13-14-29(2,3)4/h5-12,15-16H,1-4H3. The highest BCUT2D eigenvalue weighted by Gasteiger charge is 2.15. The van der Waals surface area contributed by atoms with Crippen LogP contribution in [0, 0.1) is 18.4 Å². The second-order valence-electron chi connectivity index (χ2n) is 8.19. The van der Waals surface area contributed by atoms with Gasteiger partial charge in [0, 0.05) is 28.4 Å². The third-order valence-corrected chi connectivity index (χ3v) is 5.67. The van der Waals surface area contributed by atoms with Crippen LogP contribution in [0.5, 0.6) is 0 Å². The van der Waals surface area contributed by atoms with Crippen LogP contribution in [0.4, 0.5) is 0 Å². The summed E-state index contributed by atoms with van der Waals surface area (Å²) in [6.07, 6.45) is 1.90. The Labute approximate surface area is 177 Å². The Kier molecular flexibility index (Phi) is 5.04. The van der Waals surface area contributed by atoms with Gasteiger partial charge >= 0.3 is 0 Å². The molecule has 2 aromatic heterocycles. The highest BCUT2D eigenvalue weighted by Crippen LogP contribution is 2.27. The van der Waals surface area contributed by atoms with E-state index in [9.17, 15) is 0 Å². The van der Waals surface area contributed by atoms with Crippen molar-refractivity contribution >= 4 is 25.3 Å². The van der Waals surface area contributed by atoms with Gasteiger partial charge in [0.15, 0.2) is 5.65 Å². The Hall–Kier alpha value is -2.87. The fourth-order valence-corrected chi connectivity index (χ4v) is 3.63. The molecule has 0 unspecified atom stereocenters. The maximum atomic E-state index is 6.03. The first-order valence-corrected chi connectivity index (χ1v) is 13.4. The molecule has 0 amide bonds. The monoisotopic (exact) mass is 415 g/mol. The molecule has 0 radical (unpaired) electrons. The van der Waals surface area contributed by atoms with E-state index >= 15 is 0 Å². The molecule has 0 aliphatic heterocycles. The van der Waals surface area contributed by atoms with Crippen LogP contribution in [0.25, 0.3) is 28.0 Å². The maximum Gasteiger partial charge on any atom is 0.157 e. The number of nitrogens with zero attached hydrogens (tertiary/aromatic N) is 3. The van der Waals surface area contributed by atoms with E-state index in [1.165, 1.54) is 5.56 Å². The molecular weight excluding hydrogens is 394 g/mol. The number of rotatable bonds is 2. The molecule has 0 aliphatic carbocycles. The lowest BCUT2D eigenvalue weighted by atomic mass is 10.0. The van der Waals surface area contributed by atoms with Crippen molar-refractivity contribution in [1.29, 1.82) is 0 Å². The molecule has 29 heavy (non-hydrogen) atoms. The van der Waals surface area contributed by atoms with Gasteiger partial charge in [0.2, 0.25) is 0 Å². The van der Waals surface area contributed by atoms with Crippen molar-refractivity contribution in [2.45, 2.75) is 26.6 Å². The van der Waals surface area contributed by atoms with Gasteiger partial charge in [-0.15, -0.1) is 5.54 Å². The summed E-state index contributed by atoms with van der Waals surface area (Å²) >= 11 is 6.03. The zero-order valence-corrected chi connectivity index (χ0v) is 18.7. The third kappa shape index (κ3) is 4.27. The topological polar surface area (TPSA) is 30.2 Å². The zero-order valence-electron chi connectivity index (χ0n) is 17.0. The molecule has 0 aliphatic rings. The second-order valence-corrected chi connectivity index (χ2v) is 13.4. The molecule has 144 valence electrons. The van der Waals surface area contributed by atoms with E-state index in [1.807, 2.05) is 41.0 Å². The average Bonchev–Trinajstić information content (AvgIpc) is 3.11. The lowest BCUT2D eigenvalue weighted by Crippen LogP contribution is -2.16. The predicted molar refractivity (Wildman–Crippen MR) is 124 cm³/mol. The molecule has 3 nitrogen and oxygen atoms in total. The van der Waals surface area contributed by atoms with Crippen LogP contribution in [0.1, 0.15) is 11.3 Å². The fraction of sp³-hybridized carbons (Fsp3) is 0.167. The Morgan fingerprint density at radius 3 is 2.24 bits per heavy atom. The number of benzene rings is 2. The van der Waals surface area contributed by atoms with Crippen LogP contribution >= 0.6 is 11.6 Å². The van der Waals surface area contributed by atoms with Crippen molar-refractivity contribution in [1.82, 2.24) is 14.6 Å². The minimum Gasteiger partial charge on any atom is -0.236 e. The molecule has 5 heteroatoms. The molecular formula is C24H22ClN3Si. The molecule has 0 saturated carbocycles. The molecule has 0 atom stereocenters. The average molecular weight is 416 g/mol. The minimum absolute atomic E-state index is 0.707. The van der Waals surface area contributed by atoms with Gasteiger partial charge in [0.1, 0.15) is 13.8 Å². The zero-order chi connectivity index (χ0) is 20.6. The van der Waals surface area contributed by atoms with Crippen LogP contribution in [-0.4, -0.2) is 22.7 Å². The Balaban J connectivity index is 1.94. The number of aryl methyl sites for hydroxylation is 1. The van der Waals surface area contributed by atoms with E-state index in [0.29, 0.717) is 5.02 Å². The van der Waals surface area contributed by atoms with Crippen LogP contribution in [0.15, 0.2) is 60.8 Å². The van der Waals surface area contributed by atoms with Crippen molar-refractivity contribution < 1.29 is 0 Å². The molecule has 2 aromatic carbocycles. The number of hydrogen-bond donors (Lipinski definition) is 0. The number of fused-ring (bicyclic) bond motifs is 1. The van der Waals surface area contributed by atoms with E-state index in [2.05, 4.69) is 67.3 Å². The van der Waals surface area contributed by atoms with Crippen molar-refractivity contribution in [2.24, 2.45) is 0 Å². The smallest absolute Gasteiger partial charge is 0.157 e. The van der Waals surface area contributed by atoms with Crippen molar-refractivity contribution in [3.05, 3.63) is 77.1 Å². The molecule has 0 bridgehead atoms. The molecule has 4 aromatic rings. The van der Waals surface area contributed by atoms with Crippen molar-refractivity contribution in [3.8, 4) is 33.8 Å². The van der Waals surface area contributed by atoms with Gasteiger partial charge in [-0.25, -0.2) is 9.50 Å². The summed E-state index contributed by atoms with van der Waals surface area (Å²) in [6, 6.07) is 18.1. The van der Waals surface area contributed by atoms with Gasteiger partial charge in [-0.2, -0.15) is 5.10 Å². The summed E-state index contributed by atoms with van der Waals surface area (Å²) < 4.78 is 1.87. The molecule has 4 rings (SSSR count). The van der Waals surface area contributed by atoms with Gasteiger partial charge in [-0.05, 0) is 24.6 Å². The van der Waals surface area contributed by atoms with Crippen molar-refractivity contribution in [3.63, 3.8) is 0 Å². The largest absolute Gasteiger partial charge is 0.236 e. The SMILES string of the molecule is Cc1ccc(-c2cnc3cc(-c4ccc(Cl)cc4)nn3c2C#C[Si](C)(C)C)cc1. The summed E-state index contributed by atoms with van der Waals surface area (Å²) in [5.74, 6) is 3.43. The highest BCUT2D eigenvalue weighted by molar-refractivity contribution is 6.83. The first-order valence-electron chi connectivity index (χ1n) is 9.55. The van der Waals surface area contributed by atoms with Crippen LogP contribution in [0.3, 0.4) is 0 Å². The Morgan fingerprint density at radius 2 is 1.59 bits per heavy atom. The third-order valence-electron chi connectivity index (χ3n) is 4.54. The maximum absolute atomic E-state index is 6.03. The van der Waals surface area contributed by atoms with E-state index in [0.717, 1.165) is 33.7 Å². The minimum atomic E-state index is -1.56. The summed E-state index contributed by atoms with van der Waals surface area (Å²) in [4.78, 5) is 4.67. The summed E-state index contributed by atoms with van der Waals surface area (Å²) in [7, 11) is -1.56. The molecule has 0 saturated heterocycles. The summed E-state index contributed by atoms with van der Waals surface area (Å²) in [5.41, 5.74) is 10.3. The first kappa shape index (κ1) is 19.4. The van der Waals surface area contributed by atoms with Crippen LogP contribution < -0.4 is 0 Å².